The second kappa shape index (κ2) is 4.52. The van der Waals surface area contributed by atoms with Crippen LogP contribution in [0.5, 0.6) is 11.5 Å². The van der Waals surface area contributed by atoms with Crippen molar-refractivity contribution in [3.05, 3.63) is 35.9 Å². The van der Waals surface area contributed by atoms with Gasteiger partial charge in [-0.1, -0.05) is 32.9 Å². The number of fused-ring (bicyclic) bond motifs is 1. The highest BCUT2D eigenvalue weighted by molar-refractivity contribution is 5.94. The molecule has 0 N–H and O–H groups in total. The van der Waals surface area contributed by atoms with Crippen molar-refractivity contribution in [2.45, 2.75) is 26.2 Å². The number of ether oxygens (including phenoxy) is 2. The van der Waals surface area contributed by atoms with Crippen LogP contribution in [0.2, 0.25) is 0 Å². The van der Waals surface area contributed by atoms with Crippen LogP contribution in [0.3, 0.4) is 0 Å². The van der Waals surface area contributed by atoms with Crippen molar-refractivity contribution in [1.29, 1.82) is 0 Å². The lowest BCUT2D eigenvalue weighted by atomic mass is 9.85. The van der Waals surface area contributed by atoms with Gasteiger partial charge in [0.05, 0.1) is 14.2 Å². The average Bonchev–Trinajstić information content (AvgIpc) is 2.35. The van der Waals surface area contributed by atoms with E-state index in [1.807, 2.05) is 12.1 Å². The summed E-state index contributed by atoms with van der Waals surface area (Å²) >= 11 is 0. The minimum Gasteiger partial charge on any atom is -0.496 e. The number of methoxy groups -OCH3 is 2. The van der Waals surface area contributed by atoms with Gasteiger partial charge in [0.25, 0.3) is 0 Å². The molecule has 0 fully saturated rings. The molecule has 0 saturated heterocycles. The number of hydrogen-bond donors (Lipinski definition) is 0. The summed E-state index contributed by atoms with van der Waals surface area (Å²) in [4.78, 5) is 0. The third-order valence-corrected chi connectivity index (χ3v) is 3.22. The summed E-state index contributed by atoms with van der Waals surface area (Å²) in [5, 5.41) is 2.19. The highest BCUT2D eigenvalue weighted by atomic mass is 16.5. The summed E-state index contributed by atoms with van der Waals surface area (Å²) in [5.74, 6) is 1.79. The maximum absolute atomic E-state index is 5.51. The lowest BCUT2D eigenvalue weighted by Gasteiger charge is -2.21. The molecule has 0 aliphatic carbocycles. The largest absolute Gasteiger partial charge is 0.496 e. The molecule has 0 atom stereocenters. The van der Waals surface area contributed by atoms with Crippen LogP contribution in [-0.2, 0) is 5.41 Å². The third kappa shape index (κ3) is 2.15. The van der Waals surface area contributed by atoms with Crippen LogP contribution >= 0.6 is 0 Å². The van der Waals surface area contributed by atoms with E-state index in [4.69, 9.17) is 9.47 Å². The van der Waals surface area contributed by atoms with Crippen LogP contribution in [0.4, 0.5) is 0 Å². The first kappa shape index (κ1) is 12.7. The maximum atomic E-state index is 5.51. The molecule has 96 valence electrons. The Labute approximate surface area is 109 Å². The summed E-state index contributed by atoms with van der Waals surface area (Å²) in [6.07, 6.45) is 0. The molecule has 0 bridgehead atoms. The molecule has 2 aromatic rings. The van der Waals surface area contributed by atoms with Gasteiger partial charge in [-0.15, -0.1) is 0 Å². The number of benzene rings is 2. The van der Waals surface area contributed by atoms with Gasteiger partial charge in [-0.2, -0.15) is 0 Å². The topological polar surface area (TPSA) is 18.5 Å². The number of rotatable bonds is 2. The van der Waals surface area contributed by atoms with Crippen molar-refractivity contribution in [3.8, 4) is 11.5 Å². The van der Waals surface area contributed by atoms with Gasteiger partial charge in [-0.05, 0) is 29.2 Å². The zero-order chi connectivity index (χ0) is 13.3. The average molecular weight is 244 g/mol. The van der Waals surface area contributed by atoms with Gasteiger partial charge in [0, 0.05) is 10.8 Å². The van der Waals surface area contributed by atoms with Gasteiger partial charge in [-0.25, -0.2) is 0 Å². The first-order chi connectivity index (χ1) is 8.47. The first-order valence-electron chi connectivity index (χ1n) is 6.12. The van der Waals surface area contributed by atoms with Crippen LogP contribution in [0, 0.1) is 0 Å². The summed E-state index contributed by atoms with van der Waals surface area (Å²) in [6, 6.07) is 10.3. The minimum absolute atomic E-state index is 0.0856. The van der Waals surface area contributed by atoms with E-state index < -0.39 is 0 Å². The zero-order valence-electron chi connectivity index (χ0n) is 11.7. The molecule has 0 amide bonds. The molecule has 2 nitrogen and oxygen atoms in total. The second-order valence-electron chi connectivity index (χ2n) is 5.48. The Balaban J connectivity index is 2.80. The smallest absolute Gasteiger partial charge is 0.127 e. The monoisotopic (exact) mass is 244 g/mol. The number of hydrogen-bond acceptors (Lipinski definition) is 2. The molecule has 18 heavy (non-hydrogen) atoms. The van der Waals surface area contributed by atoms with Crippen molar-refractivity contribution >= 4 is 10.8 Å². The van der Waals surface area contributed by atoms with Gasteiger partial charge in [0.2, 0.25) is 0 Å². The molecule has 0 aliphatic rings. The maximum Gasteiger partial charge on any atom is 0.127 e. The lowest BCUT2D eigenvalue weighted by molar-refractivity contribution is 0.414. The minimum atomic E-state index is 0.0856. The summed E-state index contributed by atoms with van der Waals surface area (Å²) in [6.45, 7) is 6.59. The molecule has 0 radical (unpaired) electrons. The van der Waals surface area contributed by atoms with E-state index in [1.54, 1.807) is 14.2 Å². The SMILES string of the molecule is COc1cc(C(C)(C)C)cc2c(OC)cccc12. The Morgan fingerprint density at radius 2 is 1.50 bits per heavy atom. The fourth-order valence-electron chi connectivity index (χ4n) is 2.10. The van der Waals surface area contributed by atoms with Crippen LogP contribution in [0.25, 0.3) is 10.8 Å². The molecule has 0 heterocycles. The van der Waals surface area contributed by atoms with E-state index >= 15 is 0 Å². The van der Waals surface area contributed by atoms with Gasteiger partial charge < -0.3 is 9.47 Å². The van der Waals surface area contributed by atoms with Crippen molar-refractivity contribution in [3.63, 3.8) is 0 Å². The molecule has 0 aliphatic heterocycles. The Morgan fingerprint density at radius 1 is 0.833 bits per heavy atom. The van der Waals surface area contributed by atoms with Crippen molar-refractivity contribution in [1.82, 2.24) is 0 Å². The highest BCUT2D eigenvalue weighted by Crippen LogP contribution is 2.37. The fraction of sp³-hybridized carbons (Fsp3) is 0.375. The molecule has 0 saturated carbocycles. The Kier molecular flexibility index (Phi) is 3.20. The van der Waals surface area contributed by atoms with E-state index in [9.17, 15) is 0 Å². The molecular weight excluding hydrogens is 224 g/mol. The molecule has 0 spiro atoms. The Hall–Kier alpha value is -1.70. The van der Waals surface area contributed by atoms with Crippen LogP contribution in [0.15, 0.2) is 30.3 Å². The predicted molar refractivity (Wildman–Crippen MR) is 75.8 cm³/mol. The molecular formula is C16H20O2. The standard InChI is InChI=1S/C16H20O2/c1-16(2,3)11-9-13-12(15(10-11)18-5)7-6-8-14(13)17-4/h6-10H,1-5H3. The van der Waals surface area contributed by atoms with E-state index in [-0.39, 0.29) is 5.41 Å². The van der Waals surface area contributed by atoms with E-state index in [2.05, 4.69) is 39.0 Å². The molecule has 2 aromatic carbocycles. The summed E-state index contributed by atoms with van der Waals surface area (Å²) < 4.78 is 10.9. The highest BCUT2D eigenvalue weighted by Gasteiger charge is 2.17. The summed E-state index contributed by atoms with van der Waals surface area (Å²) in [7, 11) is 3.41. The molecule has 0 aromatic heterocycles. The lowest BCUT2D eigenvalue weighted by Crippen LogP contribution is -2.11. The Bertz CT molecular complexity index is 565. The molecule has 2 heteroatoms. The Morgan fingerprint density at radius 3 is 2.06 bits per heavy atom. The van der Waals surface area contributed by atoms with Crippen LogP contribution in [0.1, 0.15) is 26.3 Å². The fourth-order valence-corrected chi connectivity index (χ4v) is 2.10. The van der Waals surface area contributed by atoms with Crippen molar-refractivity contribution in [2.24, 2.45) is 0 Å². The van der Waals surface area contributed by atoms with Gasteiger partial charge in [-0.3, -0.25) is 0 Å². The van der Waals surface area contributed by atoms with Gasteiger partial charge >= 0.3 is 0 Å². The van der Waals surface area contributed by atoms with Gasteiger partial charge in [0.1, 0.15) is 11.5 Å². The zero-order valence-corrected chi connectivity index (χ0v) is 11.7. The third-order valence-electron chi connectivity index (χ3n) is 3.22. The predicted octanol–water partition coefficient (Wildman–Crippen LogP) is 4.15. The summed E-state index contributed by atoms with van der Waals surface area (Å²) in [5.41, 5.74) is 1.33. The van der Waals surface area contributed by atoms with E-state index in [0.29, 0.717) is 0 Å². The van der Waals surface area contributed by atoms with Crippen molar-refractivity contribution < 1.29 is 9.47 Å². The molecule has 0 unspecified atom stereocenters. The van der Waals surface area contributed by atoms with E-state index in [0.717, 1.165) is 22.3 Å². The van der Waals surface area contributed by atoms with Crippen molar-refractivity contribution in [2.75, 3.05) is 14.2 Å². The van der Waals surface area contributed by atoms with Crippen LogP contribution < -0.4 is 9.47 Å². The van der Waals surface area contributed by atoms with E-state index in [1.165, 1.54) is 5.56 Å². The normalized spacial score (nSPS) is 11.6. The van der Waals surface area contributed by atoms with Gasteiger partial charge in [0.15, 0.2) is 0 Å². The first-order valence-corrected chi connectivity index (χ1v) is 6.12. The quantitative estimate of drug-likeness (QED) is 0.790. The van der Waals surface area contributed by atoms with Crippen LogP contribution in [-0.4, -0.2) is 14.2 Å². The second-order valence-corrected chi connectivity index (χ2v) is 5.48. The molecule has 2 rings (SSSR count).